The average molecular weight is 365 g/mol. The summed E-state index contributed by atoms with van der Waals surface area (Å²) >= 11 is 1.36. The highest BCUT2D eigenvalue weighted by Crippen LogP contribution is 2.29. The molecule has 1 aliphatic heterocycles. The molecule has 0 spiro atoms. The molecule has 0 saturated carbocycles. The third kappa shape index (κ3) is 2.48. The zero-order valence-electron chi connectivity index (χ0n) is 14.1. The van der Waals surface area contributed by atoms with Crippen LogP contribution in [0.2, 0.25) is 0 Å². The summed E-state index contributed by atoms with van der Waals surface area (Å²) in [7, 11) is 0. The molecule has 1 aliphatic rings. The second-order valence-corrected chi connectivity index (χ2v) is 7.16. The zero-order valence-corrected chi connectivity index (χ0v) is 15.0. The Balaban J connectivity index is 1.57. The van der Waals surface area contributed by atoms with Crippen molar-refractivity contribution in [3.63, 3.8) is 0 Å². The number of benzene rings is 2. The molecule has 0 radical (unpaired) electrons. The van der Waals surface area contributed by atoms with Crippen LogP contribution in [0, 0.1) is 6.92 Å². The number of thiazole rings is 1. The van der Waals surface area contributed by atoms with E-state index in [0.717, 1.165) is 20.7 Å². The van der Waals surface area contributed by atoms with Crippen molar-refractivity contribution in [1.82, 2.24) is 9.88 Å². The van der Waals surface area contributed by atoms with Crippen LogP contribution < -0.4 is 5.32 Å². The third-order valence-corrected chi connectivity index (χ3v) is 5.38. The minimum Gasteiger partial charge on any atom is -0.300 e. The molecule has 130 valence electrons. The highest BCUT2D eigenvalue weighted by atomic mass is 32.1. The van der Waals surface area contributed by atoms with Crippen LogP contribution in [0.1, 0.15) is 33.2 Å². The number of carbonyl (C=O) groups excluding carboxylic acids is 3. The number of amides is 3. The van der Waals surface area contributed by atoms with Gasteiger partial charge in [-0.3, -0.25) is 19.3 Å². The fourth-order valence-corrected chi connectivity index (χ4v) is 3.97. The van der Waals surface area contributed by atoms with Crippen LogP contribution in [-0.4, -0.2) is 33.6 Å². The largest absolute Gasteiger partial charge is 0.300 e. The Kier molecular flexibility index (Phi) is 3.81. The van der Waals surface area contributed by atoms with Crippen LogP contribution in [0.5, 0.6) is 0 Å². The average Bonchev–Trinajstić information content (AvgIpc) is 3.15. The molecule has 6 nitrogen and oxygen atoms in total. The number of carbonyl (C=O) groups is 3. The Morgan fingerprint density at radius 3 is 2.35 bits per heavy atom. The van der Waals surface area contributed by atoms with Gasteiger partial charge in [-0.1, -0.05) is 35.6 Å². The number of imide groups is 1. The summed E-state index contributed by atoms with van der Waals surface area (Å²) in [4.78, 5) is 43.1. The van der Waals surface area contributed by atoms with E-state index in [-0.39, 0.29) is 0 Å². The van der Waals surface area contributed by atoms with Crippen LogP contribution in [0.25, 0.3) is 10.2 Å². The molecular weight excluding hydrogens is 350 g/mol. The highest BCUT2D eigenvalue weighted by Gasteiger charge is 2.40. The Bertz CT molecular complexity index is 1040. The van der Waals surface area contributed by atoms with Crippen LogP contribution in [0.3, 0.4) is 0 Å². The van der Waals surface area contributed by atoms with Gasteiger partial charge in [0.2, 0.25) is 5.91 Å². The molecule has 1 atom stereocenters. The molecule has 3 aromatic rings. The van der Waals surface area contributed by atoms with Gasteiger partial charge >= 0.3 is 0 Å². The summed E-state index contributed by atoms with van der Waals surface area (Å²) in [6.07, 6.45) is 0. The lowest BCUT2D eigenvalue weighted by Crippen LogP contribution is -2.45. The highest BCUT2D eigenvalue weighted by molar-refractivity contribution is 7.22. The van der Waals surface area contributed by atoms with E-state index in [0.29, 0.717) is 16.3 Å². The Labute approximate surface area is 153 Å². The fourth-order valence-electron chi connectivity index (χ4n) is 3.03. The van der Waals surface area contributed by atoms with Crippen LogP contribution in [0.15, 0.2) is 42.5 Å². The fraction of sp³-hybridized carbons (Fsp3) is 0.158. The molecule has 0 saturated heterocycles. The maximum atomic E-state index is 12.6. The molecule has 0 aliphatic carbocycles. The SMILES string of the molecule is Cc1cccc2sc(NC(=O)[C@H](C)N3C(=O)c4ccccc4C3=O)nc12. The van der Waals surface area contributed by atoms with Gasteiger partial charge in [-0.15, -0.1) is 0 Å². The predicted molar refractivity (Wildman–Crippen MR) is 99.4 cm³/mol. The molecule has 3 amide bonds. The number of aryl methyl sites for hydroxylation is 1. The number of hydrogen-bond donors (Lipinski definition) is 1. The van der Waals surface area contributed by atoms with Crippen molar-refractivity contribution in [2.75, 3.05) is 5.32 Å². The maximum absolute atomic E-state index is 12.6. The van der Waals surface area contributed by atoms with Crippen molar-refractivity contribution in [1.29, 1.82) is 0 Å². The van der Waals surface area contributed by atoms with E-state index in [2.05, 4.69) is 10.3 Å². The molecule has 2 aromatic carbocycles. The standard InChI is InChI=1S/C19H15N3O3S/c1-10-6-5-9-14-15(10)20-19(26-14)21-16(23)11(2)22-17(24)12-7-3-4-8-13(12)18(22)25/h3-9,11H,1-2H3,(H,20,21,23)/t11-/m0/s1. The molecule has 7 heteroatoms. The van der Waals surface area contributed by atoms with Crippen LogP contribution in [-0.2, 0) is 4.79 Å². The first kappa shape index (κ1) is 16.4. The first-order valence-corrected chi connectivity index (χ1v) is 8.93. The second-order valence-electron chi connectivity index (χ2n) is 6.13. The Hall–Kier alpha value is -3.06. The molecular formula is C19H15N3O3S. The van der Waals surface area contributed by atoms with Crippen LogP contribution in [0.4, 0.5) is 5.13 Å². The number of anilines is 1. The van der Waals surface area contributed by atoms with Crippen molar-refractivity contribution >= 4 is 44.4 Å². The number of hydrogen-bond acceptors (Lipinski definition) is 5. The second kappa shape index (κ2) is 6.03. The Morgan fingerprint density at radius 2 is 1.73 bits per heavy atom. The van der Waals surface area contributed by atoms with Gasteiger partial charge < -0.3 is 5.32 Å². The number of nitrogens with zero attached hydrogens (tertiary/aromatic N) is 2. The van der Waals surface area contributed by atoms with E-state index < -0.39 is 23.8 Å². The summed E-state index contributed by atoms with van der Waals surface area (Å²) in [5, 5.41) is 3.17. The van der Waals surface area contributed by atoms with E-state index in [1.54, 1.807) is 24.3 Å². The number of para-hydroxylation sites is 1. The quantitative estimate of drug-likeness (QED) is 0.723. The smallest absolute Gasteiger partial charge is 0.262 e. The first-order valence-electron chi connectivity index (χ1n) is 8.11. The van der Waals surface area contributed by atoms with E-state index >= 15 is 0 Å². The summed E-state index contributed by atoms with van der Waals surface area (Å²) in [5.74, 6) is -1.35. The van der Waals surface area contributed by atoms with Gasteiger partial charge in [0.1, 0.15) is 6.04 Å². The van der Waals surface area contributed by atoms with Crippen LogP contribution >= 0.6 is 11.3 Å². The van der Waals surface area contributed by atoms with E-state index in [1.807, 2.05) is 25.1 Å². The molecule has 26 heavy (non-hydrogen) atoms. The topological polar surface area (TPSA) is 79.4 Å². The zero-order chi connectivity index (χ0) is 18.4. The summed E-state index contributed by atoms with van der Waals surface area (Å²) < 4.78 is 0.966. The normalized spacial score (nSPS) is 14.6. The lowest BCUT2D eigenvalue weighted by atomic mass is 10.1. The number of nitrogens with one attached hydrogen (secondary N) is 1. The minimum atomic E-state index is -0.935. The van der Waals surface area contributed by atoms with Crippen molar-refractivity contribution < 1.29 is 14.4 Å². The van der Waals surface area contributed by atoms with Gasteiger partial charge in [-0.25, -0.2) is 4.98 Å². The molecule has 2 heterocycles. The van der Waals surface area contributed by atoms with Gasteiger partial charge in [0.25, 0.3) is 11.8 Å². The number of aromatic nitrogens is 1. The first-order chi connectivity index (χ1) is 12.5. The third-order valence-electron chi connectivity index (χ3n) is 4.44. The molecule has 1 N–H and O–H groups in total. The maximum Gasteiger partial charge on any atom is 0.262 e. The Morgan fingerprint density at radius 1 is 1.08 bits per heavy atom. The van der Waals surface area contributed by atoms with Gasteiger partial charge in [0, 0.05) is 0 Å². The molecule has 1 aromatic heterocycles. The van der Waals surface area contributed by atoms with Crippen molar-refractivity contribution in [2.24, 2.45) is 0 Å². The number of fused-ring (bicyclic) bond motifs is 2. The van der Waals surface area contributed by atoms with E-state index in [9.17, 15) is 14.4 Å². The van der Waals surface area contributed by atoms with E-state index in [1.165, 1.54) is 18.3 Å². The van der Waals surface area contributed by atoms with Crippen molar-refractivity contribution in [2.45, 2.75) is 19.9 Å². The monoisotopic (exact) mass is 365 g/mol. The lowest BCUT2D eigenvalue weighted by molar-refractivity contribution is -0.119. The molecule has 4 rings (SSSR count). The molecule has 0 bridgehead atoms. The van der Waals surface area contributed by atoms with Gasteiger partial charge in [0.05, 0.1) is 21.3 Å². The number of rotatable bonds is 3. The van der Waals surface area contributed by atoms with Gasteiger partial charge in [-0.05, 0) is 37.6 Å². The predicted octanol–water partition coefficient (Wildman–Crippen LogP) is 3.23. The van der Waals surface area contributed by atoms with E-state index in [4.69, 9.17) is 0 Å². The molecule has 0 fully saturated rings. The summed E-state index contributed by atoms with van der Waals surface area (Å²) in [5.41, 5.74) is 2.51. The summed E-state index contributed by atoms with van der Waals surface area (Å²) in [6.45, 7) is 3.49. The molecule has 0 unspecified atom stereocenters. The van der Waals surface area contributed by atoms with Gasteiger partial charge in [0.15, 0.2) is 5.13 Å². The van der Waals surface area contributed by atoms with Gasteiger partial charge in [-0.2, -0.15) is 0 Å². The minimum absolute atomic E-state index is 0.327. The van der Waals surface area contributed by atoms with Crippen molar-refractivity contribution in [3.8, 4) is 0 Å². The summed E-state index contributed by atoms with van der Waals surface area (Å²) in [6, 6.07) is 11.5. The lowest BCUT2D eigenvalue weighted by Gasteiger charge is -2.21. The van der Waals surface area contributed by atoms with Crippen molar-refractivity contribution in [3.05, 3.63) is 59.2 Å².